The minimum absolute atomic E-state index is 0.230. The molecule has 1 aromatic heterocycles. The zero-order valence-electron chi connectivity index (χ0n) is 20.6. The molecule has 1 aliphatic rings. The van der Waals surface area contributed by atoms with Crippen LogP contribution in [0.2, 0.25) is 0 Å². The van der Waals surface area contributed by atoms with Crippen LogP contribution in [0, 0.1) is 6.92 Å². The van der Waals surface area contributed by atoms with Gasteiger partial charge in [0.25, 0.3) is 0 Å². The van der Waals surface area contributed by atoms with E-state index in [-0.39, 0.29) is 11.8 Å². The van der Waals surface area contributed by atoms with E-state index in [1.165, 1.54) is 12.1 Å². The minimum atomic E-state index is -4.72. The van der Waals surface area contributed by atoms with Crippen LogP contribution < -0.4 is 24.4 Å². The third-order valence-electron chi connectivity index (χ3n) is 6.29. The molecule has 0 spiro atoms. The van der Waals surface area contributed by atoms with Gasteiger partial charge in [-0.15, -0.1) is 13.2 Å². The van der Waals surface area contributed by atoms with Crippen molar-refractivity contribution in [2.75, 3.05) is 32.2 Å². The number of aryl methyl sites for hydroxylation is 1. The van der Waals surface area contributed by atoms with Gasteiger partial charge in [0.15, 0.2) is 11.5 Å². The zero-order valence-corrected chi connectivity index (χ0v) is 20.6. The van der Waals surface area contributed by atoms with Crippen LogP contribution in [0.5, 0.6) is 17.2 Å². The van der Waals surface area contributed by atoms with E-state index >= 15 is 0 Å². The number of benzene rings is 2. The second-order valence-corrected chi connectivity index (χ2v) is 8.73. The minimum Gasteiger partial charge on any atom is -0.493 e. The van der Waals surface area contributed by atoms with Crippen molar-refractivity contribution in [2.24, 2.45) is 0 Å². The van der Waals surface area contributed by atoms with Gasteiger partial charge in [-0.3, -0.25) is 4.98 Å². The Labute approximate surface area is 209 Å². The number of anilines is 1. The standard InChI is InChI=1S/C27H30F3N3O3/c1-18-14-20(16-25(34-2)26(18)35-3)24-15-19(8-13-32-24)17-33(22-9-11-31-12-10-22)21-4-6-23(7-5-21)36-27(28,29)30/h4-8,13-16,22,31H,9-12,17H2,1-3H3. The van der Waals surface area contributed by atoms with Crippen LogP contribution in [0.1, 0.15) is 24.0 Å². The molecule has 0 bridgehead atoms. The molecular formula is C27H30F3N3O3. The topological polar surface area (TPSA) is 55.9 Å². The van der Waals surface area contributed by atoms with Gasteiger partial charge < -0.3 is 24.4 Å². The molecule has 0 radical (unpaired) electrons. The van der Waals surface area contributed by atoms with Gasteiger partial charge in [-0.2, -0.15) is 0 Å². The van der Waals surface area contributed by atoms with Crippen molar-refractivity contribution < 1.29 is 27.4 Å². The summed E-state index contributed by atoms with van der Waals surface area (Å²) in [6, 6.07) is 14.3. The fraction of sp³-hybridized carbons (Fsp3) is 0.370. The number of halogens is 3. The number of ether oxygens (including phenoxy) is 3. The van der Waals surface area contributed by atoms with E-state index in [1.54, 1.807) is 32.5 Å². The van der Waals surface area contributed by atoms with E-state index in [4.69, 9.17) is 9.47 Å². The Kier molecular flexibility index (Phi) is 7.88. The molecule has 1 N–H and O–H groups in total. The van der Waals surface area contributed by atoms with E-state index in [9.17, 15) is 13.2 Å². The quantitative estimate of drug-likeness (QED) is 0.425. The van der Waals surface area contributed by atoms with Gasteiger partial charge in [0.05, 0.1) is 19.9 Å². The van der Waals surface area contributed by atoms with Gasteiger partial charge in [0.2, 0.25) is 0 Å². The van der Waals surface area contributed by atoms with Gasteiger partial charge in [-0.05, 0) is 92.5 Å². The summed E-state index contributed by atoms with van der Waals surface area (Å²) in [4.78, 5) is 6.82. The first-order valence-corrected chi connectivity index (χ1v) is 11.8. The molecule has 3 aromatic rings. The number of piperidine rings is 1. The lowest BCUT2D eigenvalue weighted by molar-refractivity contribution is -0.274. The molecule has 0 aliphatic carbocycles. The van der Waals surface area contributed by atoms with E-state index in [1.807, 2.05) is 31.2 Å². The summed E-state index contributed by atoms with van der Waals surface area (Å²) in [7, 11) is 3.22. The third-order valence-corrected chi connectivity index (χ3v) is 6.29. The molecule has 9 heteroatoms. The maximum atomic E-state index is 12.6. The molecule has 0 atom stereocenters. The molecular weight excluding hydrogens is 471 g/mol. The van der Waals surface area contributed by atoms with Crippen LogP contribution in [0.25, 0.3) is 11.3 Å². The summed E-state index contributed by atoms with van der Waals surface area (Å²) in [5.74, 6) is 1.09. The largest absolute Gasteiger partial charge is 0.573 e. The Hall–Kier alpha value is -3.46. The molecule has 6 nitrogen and oxygen atoms in total. The number of nitrogens with zero attached hydrogens (tertiary/aromatic N) is 2. The van der Waals surface area contributed by atoms with Crippen molar-refractivity contribution in [2.45, 2.75) is 38.7 Å². The Morgan fingerprint density at radius 1 is 1.00 bits per heavy atom. The fourth-order valence-electron chi connectivity index (χ4n) is 4.62. The summed E-state index contributed by atoms with van der Waals surface area (Å²) < 4.78 is 52.8. The number of hydrogen-bond donors (Lipinski definition) is 1. The van der Waals surface area contributed by atoms with Crippen molar-refractivity contribution in [3.63, 3.8) is 0 Å². The molecule has 36 heavy (non-hydrogen) atoms. The maximum Gasteiger partial charge on any atom is 0.573 e. The molecule has 0 saturated carbocycles. The maximum absolute atomic E-state index is 12.6. The van der Waals surface area contributed by atoms with Crippen molar-refractivity contribution in [3.05, 3.63) is 65.9 Å². The van der Waals surface area contributed by atoms with Crippen LogP contribution in [0.4, 0.5) is 18.9 Å². The van der Waals surface area contributed by atoms with Crippen LogP contribution in [-0.2, 0) is 6.54 Å². The van der Waals surface area contributed by atoms with Gasteiger partial charge in [-0.1, -0.05) is 0 Å². The number of alkyl halides is 3. The number of aromatic nitrogens is 1. The lowest BCUT2D eigenvalue weighted by atomic mass is 10.0. The van der Waals surface area contributed by atoms with E-state index in [2.05, 4.69) is 19.9 Å². The second kappa shape index (κ2) is 11.1. The first-order valence-electron chi connectivity index (χ1n) is 11.8. The highest BCUT2D eigenvalue weighted by Crippen LogP contribution is 2.36. The molecule has 192 valence electrons. The first-order chi connectivity index (χ1) is 17.3. The smallest absolute Gasteiger partial charge is 0.493 e. The zero-order chi connectivity index (χ0) is 25.7. The number of pyridine rings is 1. The third kappa shape index (κ3) is 6.20. The van der Waals surface area contributed by atoms with Gasteiger partial charge in [0.1, 0.15) is 5.75 Å². The van der Waals surface area contributed by atoms with Gasteiger partial charge >= 0.3 is 6.36 Å². The normalized spacial score (nSPS) is 14.4. The van der Waals surface area contributed by atoms with Crippen LogP contribution in [-0.4, -0.2) is 44.7 Å². The molecule has 0 unspecified atom stereocenters. The van der Waals surface area contributed by atoms with Crippen LogP contribution in [0.3, 0.4) is 0 Å². The summed E-state index contributed by atoms with van der Waals surface area (Å²) >= 11 is 0. The van der Waals surface area contributed by atoms with Crippen molar-refractivity contribution in [1.82, 2.24) is 10.3 Å². The second-order valence-electron chi connectivity index (χ2n) is 8.73. The lowest BCUT2D eigenvalue weighted by Crippen LogP contribution is -2.43. The number of hydrogen-bond acceptors (Lipinski definition) is 6. The van der Waals surface area contributed by atoms with Crippen LogP contribution >= 0.6 is 0 Å². The van der Waals surface area contributed by atoms with E-state index in [0.717, 1.165) is 54.0 Å². The summed E-state index contributed by atoms with van der Waals surface area (Å²) in [6.07, 6.45) is -1.06. The number of methoxy groups -OCH3 is 2. The molecule has 2 heterocycles. The van der Waals surface area contributed by atoms with E-state index in [0.29, 0.717) is 18.0 Å². The Morgan fingerprint density at radius 2 is 1.72 bits per heavy atom. The molecule has 2 aromatic carbocycles. The first kappa shape index (κ1) is 25.6. The highest BCUT2D eigenvalue weighted by Gasteiger charge is 2.31. The highest BCUT2D eigenvalue weighted by molar-refractivity contribution is 5.67. The molecule has 0 amide bonds. The molecule has 1 aliphatic heterocycles. The Bertz CT molecular complexity index is 1160. The fourth-order valence-corrected chi connectivity index (χ4v) is 4.62. The Morgan fingerprint density at radius 3 is 2.36 bits per heavy atom. The monoisotopic (exact) mass is 501 g/mol. The average molecular weight is 502 g/mol. The van der Waals surface area contributed by atoms with Crippen molar-refractivity contribution in [3.8, 4) is 28.5 Å². The summed E-state index contributed by atoms with van der Waals surface area (Å²) in [5.41, 5.74) is 4.54. The Balaban J connectivity index is 1.63. The average Bonchev–Trinajstić information content (AvgIpc) is 2.87. The van der Waals surface area contributed by atoms with Crippen LogP contribution in [0.15, 0.2) is 54.7 Å². The van der Waals surface area contributed by atoms with Gasteiger partial charge in [-0.25, -0.2) is 0 Å². The van der Waals surface area contributed by atoms with Crippen molar-refractivity contribution in [1.29, 1.82) is 0 Å². The highest BCUT2D eigenvalue weighted by atomic mass is 19.4. The summed E-state index contributed by atoms with van der Waals surface area (Å²) in [5, 5.41) is 3.37. The van der Waals surface area contributed by atoms with Gasteiger partial charge in [0, 0.05) is 30.0 Å². The lowest BCUT2D eigenvalue weighted by Gasteiger charge is -2.36. The molecule has 1 saturated heterocycles. The predicted octanol–water partition coefficient (Wildman–Crippen LogP) is 5.73. The summed E-state index contributed by atoms with van der Waals surface area (Å²) in [6.45, 7) is 4.33. The SMILES string of the molecule is COc1cc(-c2cc(CN(c3ccc(OC(F)(F)F)cc3)C3CCNCC3)ccn2)cc(C)c1OC. The van der Waals surface area contributed by atoms with Crippen molar-refractivity contribution >= 4 is 5.69 Å². The predicted molar refractivity (Wildman–Crippen MR) is 133 cm³/mol. The molecule has 4 rings (SSSR count). The number of rotatable bonds is 8. The number of nitrogens with one attached hydrogen (secondary N) is 1. The molecule has 1 fully saturated rings. The van der Waals surface area contributed by atoms with E-state index < -0.39 is 6.36 Å².